The van der Waals surface area contributed by atoms with E-state index < -0.39 is 0 Å². The normalized spacial score (nSPS) is 13.1. The lowest BCUT2D eigenvalue weighted by molar-refractivity contribution is 0.275. The third-order valence-corrected chi connectivity index (χ3v) is 8.57. The third-order valence-electron chi connectivity index (χ3n) is 8.57. The molecule has 2 unspecified atom stereocenters. The largest absolute Gasteiger partial charge is 0.334 e. The van der Waals surface area contributed by atoms with Crippen molar-refractivity contribution in [3.63, 3.8) is 0 Å². The van der Waals surface area contributed by atoms with Crippen LogP contribution in [0.25, 0.3) is 0 Å². The molecule has 0 aliphatic carbocycles. The SMILES string of the molecule is CCCCCCCCCCCCCC(C(CCCCCCCCCCC)Cc1ccccc1)n1ccnc1. The number of nitrogens with zero attached hydrogens (tertiary/aromatic N) is 2. The van der Waals surface area contributed by atoms with Crippen molar-refractivity contribution in [2.45, 2.75) is 168 Å². The molecule has 0 radical (unpaired) electrons. The highest BCUT2D eigenvalue weighted by atomic mass is 15.1. The monoisotopic (exact) mass is 522 g/mol. The van der Waals surface area contributed by atoms with Gasteiger partial charge in [0.15, 0.2) is 0 Å². The summed E-state index contributed by atoms with van der Waals surface area (Å²) in [6.07, 6.45) is 38.3. The molecule has 1 heterocycles. The molecular weight excluding hydrogens is 460 g/mol. The zero-order chi connectivity index (χ0) is 26.9. The van der Waals surface area contributed by atoms with Crippen LogP contribution in [0.3, 0.4) is 0 Å². The van der Waals surface area contributed by atoms with Crippen molar-refractivity contribution < 1.29 is 0 Å². The fourth-order valence-corrected chi connectivity index (χ4v) is 6.18. The molecule has 38 heavy (non-hydrogen) atoms. The summed E-state index contributed by atoms with van der Waals surface area (Å²) in [4.78, 5) is 4.45. The molecule has 2 nitrogen and oxygen atoms in total. The Morgan fingerprint density at radius 3 is 1.53 bits per heavy atom. The molecule has 0 saturated heterocycles. The van der Waals surface area contributed by atoms with Crippen molar-refractivity contribution in [2.24, 2.45) is 5.92 Å². The molecule has 1 aromatic heterocycles. The quantitative estimate of drug-likeness (QED) is 0.112. The maximum Gasteiger partial charge on any atom is 0.0948 e. The van der Waals surface area contributed by atoms with E-state index >= 15 is 0 Å². The van der Waals surface area contributed by atoms with E-state index in [0.29, 0.717) is 12.0 Å². The van der Waals surface area contributed by atoms with Crippen molar-refractivity contribution in [2.75, 3.05) is 0 Å². The summed E-state index contributed by atoms with van der Waals surface area (Å²) in [6.45, 7) is 4.61. The van der Waals surface area contributed by atoms with Gasteiger partial charge >= 0.3 is 0 Å². The van der Waals surface area contributed by atoms with Gasteiger partial charge in [0.1, 0.15) is 0 Å². The van der Waals surface area contributed by atoms with Gasteiger partial charge in [0.25, 0.3) is 0 Å². The average Bonchev–Trinajstić information content (AvgIpc) is 3.48. The fraction of sp³-hybridized carbons (Fsp3) is 0.750. The number of hydrogen-bond acceptors (Lipinski definition) is 1. The summed E-state index contributed by atoms with van der Waals surface area (Å²) in [5.41, 5.74) is 1.50. The first-order valence-corrected chi connectivity index (χ1v) is 16.9. The van der Waals surface area contributed by atoms with Crippen molar-refractivity contribution in [3.05, 3.63) is 54.6 Å². The minimum atomic E-state index is 0.574. The van der Waals surface area contributed by atoms with Gasteiger partial charge in [-0.1, -0.05) is 173 Å². The summed E-state index contributed by atoms with van der Waals surface area (Å²) < 4.78 is 2.44. The van der Waals surface area contributed by atoms with Crippen LogP contribution in [-0.2, 0) is 6.42 Å². The predicted molar refractivity (Wildman–Crippen MR) is 168 cm³/mol. The molecular formula is C36H62N2. The molecule has 1 aromatic carbocycles. The first-order chi connectivity index (χ1) is 18.8. The van der Waals surface area contributed by atoms with Gasteiger partial charge in [0, 0.05) is 18.4 Å². The molecule has 0 bridgehead atoms. The summed E-state index contributed by atoms with van der Waals surface area (Å²) in [7, 11) is 0. The number of unbranched alkanes of at least 4 members (excludes halogenated alkanes) is 18. The molecule has 0 saturated carbocycles. The van der Waals surface area contributed by atoms with E-state index in [-0.39, 0.29) is 0 Å². The van der Waals surface area contributed by atoms with Gasteiger partial charge in [-0.2, -0.15) is 0 Å². The highest BCUT2D eigenvalue weighted by molar-refractivity contribution is 5.15. The molecule has 0 aliphatic rings. The first kappa shape index (κ1) is 32.6. The van der Waals surface area contributed by atoms with Crippen LogP contribution >= 0.6 is 0 Å². The summed E-state index contributed by atoms with van der Waals surface area (Å²) in [5, 5.41) is 0. The summed E-state index contributed by atoms with van der Waals surface area (Å²) in [5.74, 6) is 0.694. The van der Waals surface area contributed by atoms with Gasteiger partial charge < -0.3 is 4.57 Å². The molecule has 0 N–H and O–H groups in total. The molecule has 216 valence electrons. The number of hydrogen-bond donors (Lipinski definition) is 0. The highest BCUT2D eigenvalue weighted by Gasteiger charge is 2.23. The van der Waals surface area contributed by atoms with Gasteiger partial charge in [-0.3, -0.25) is 0 Å². The van der Waals surface area contributed by atoms with Crippen LogP contribution < -0.4 is 0 Å². The van der Waals surface area contributed by atoms with Crippen LogP contribution in [0.5, 0.6) is 0 Å². The van der Waals surface area contributed by atoms with E-state index in [0.717, 1.165) is 0 Å². The Kier molecular flexibility index (Phi) is 20.0. The Labute approximate surface area is 237 Å². The molecule has 0 amide bonds. The Morgan fingerprint density at radius 1 is 0.579 bits per heavy atom. The predicted octanol–water partition coefficient (Wildman–Crippen LogP) is 11.9. The zero-order valence-corrected chi connectivity index (χ0v) is 25.4. The minimum Gasteiger partial charge on any atom is -0.334 e. The van der Waals surface area contributed by atoms with Crippen LogP contribution in [0.4, 0.5) is 0 Å². The second kappa shape index (κ2) is 23.3. The number of imidazole rings is 1. The van der Waals surface area contributed by atoms with Crippen molar-refractivity contribution in [1.29, 1.82) is 0 Å². The van der Waals surface area contributed by atoms with E-state index in [1.165, 1.54) is 153 Å². The summed E-state index contributed by atoms with van der Waals surface area (Å²) >= 11 is 0. The van der Waals surface area contributed by atoms with Crippen molar-refractivity contribution in [1.82, 2.24) is 9.55 Å². The van der Waals surface area contributed by atoms with Crippen molar-refractivity contribution >= 4 is 0 Å². The number of rotatable bonds is 26. The highest BCUT2D eigenvalue weighted by Crippen LogP contribution is 2.32. The Hall–Kier alpha value is -1.57. The van der Waals surface area contributed by atoms with E-state index in [9.17, 15) is 0 Å². The van der Waals surface area contributed by atoms with E-state index in [2.05, 4.69) is 66.3 Å². The van der Waals surface area contributed by atoms with Crippen LogP contribution in [-0.4, -0.2) is 9.55 Å². The Balaban J connectivity index is 1.78. The van der Waals surface area contributed by atoms with Gasteiger partial charge in [-0.15, -0.1) is 0 Å². The van der Waals surface area contributed by atoms with E-state index in [1.807, 2.05) is 6.20 Å². The standard InChI is InChI=1S/C36H62N2/c1-3-5-7-9-11-13-14-16-18-20-25-29-36(38-31-30-37-33-38)35(32-34-26-22-21-23-27-34)28-24-19-17-15-12-10-8-6-4-2/h21-23,26-27,30-31,33,35-36H,3-20,24-25,28-29,32H2,1-2H3. The van der Waals surface area contributed by atoms with Gasteiger partial charge in [-0.05, 0) is 30.7 Å². The van der Waals surface area contributed by atoms with Gasteiger partial charge in [-0.25, -0.2) is 4.98 Å². The van der Waals surface area contributed by atoms with Crippen LogP contribution in [0.15, 0.2) is 49.1 Å². The lowest BCUT2D eigenvalue weighted by atomic mass is 9.84. The van der Waals surface area contributed by atoms with Gasteiger partial charge in [0.05, 0.1) is 6.33 Å². The van der Waals surface area contributed by atoms with Crippen LogP contribution in [0.1, 0.15) is 167 Å². The minimum absolute atomic E-state index is 0.574. The first-order valence-electron chi connectivity index (χ1n) is 16.9. The molecule has 2 heteroatoms. The maximum absolute atomic E-state index is 4.45. The van der Waals surface area contributed by atoms with Gasteiger partial charge in [0.2, 0.25) is 0 Å². The second-order valence-electron chi connectivity index (χ2n) is 12.0. The average molecular weight is 523 g/mol. The van der Waals surface area contributed by atoms with Crippen LogP contribution in [0, 0.1) is 5.92 Å². The topological polar surface area (TPSA) is 17.8 Å². The third kappa shape index (κ3) is 15.7. The smallest absolute Gasteiger partial charge is 0.0948 e. The fourth-order valence-electron chi connectivity index (χ4n) is 6.18. The molecule has 0 fully saturated rings. The Morgan fingerprint density at radius 2 is 1.05 bits per heavy atom. The summed E-state index contributed by atoms with van der Waals surface area (Å²) in [6, 6.07) is 11.8. The molecule has 0 aliphatic heterocycles. The number of benzene rings is 1. The second-order valence-corrected chi connectivity index (χ2v) is 12.0. The Bertz CT molecular complexity index is 723. The molecule has 2 rings (SSSR count). The van der Waals surface area contributed by atoms with Crippen LogP contribution in [0.2, 0.25) is 0 Å². The lowest BCUT2D eigenvalue weighted by Gasteiger charge is -2.29. The maximum atomic E-state index is 4.45. The van der Waals surface area contributed by atoms with E-state index in [4.69, 9.17) is 0 Å². The number of aromatic nitrogens is 2. The van der Waals surface area contributed by atoms with E-state index in [1.54, 1.807) is 0 Å². The zero-order valence-electron chi connectivity index (χ0n) is 25.4. The molecule has 2 aromatic rings. The van der Waals surface area contributed by atoms with Crippen molar-refractivity contribution in [3.8, 4) is 0 Å². The molecule has 0 spiro atoms. The lowest BCUT2D eigenvalue weighted by Crippen LogP contribution is -2.21. The molecule has 2 atom stereocenters.